The minimum Gasteiger partial charge on any atom is -1.00 e. The average Bonchev–Trinajstić information content (AvgIpc) is 2.47. The number of non-ortho nitro benzene ring substituents is 1. The second-order valence-electron chi connectivity index (χ2n) is 3.94. The topological polar surface area (TPSA) is 104 Å². The van der Waals surface area contributed by atoms with Gasteiger partial charge in [-0.25, -0.2) is 0 Å². The zero-order valence-electron chi connectivity index (χ0n) is 12.5. The van der Waals surface area contributed by atoms with E-state index in [-0.39, 0.29) is 52.9 Å². The molecule has 0 spiro atoms. The van der Waals surface area contributed by atoms with Crippen molar-refractivity contribution in [3.63, 3.8) is 0 Å². The molecule has 0 saturated heterocycles. The summed E-state index contributed by atoms with van der Waals surface area (Å²) in [7, 11) is -4.19. The molecule has 2 aromatic carbocycles. The maximum atomic E-state index is 12.1. The predicted octanol–water partition coefficient (Wildman–Crippen LogP) is -0.709. The van der Waals surface area contributed by atoms with Crippen LogP contribution < -0.4 is 33.7 Å². The molecule has 0 fully saturated rings. The van der Waals surface area contributed by atoms with Crippen LogP contribution in [0, 0.1) is 10.1 Å². The number of benzene rings is 2. The summed E-state index contributed by atoms with van der Waals surface area (Å²) in [6, 6.07) is 10.1. The van der Waals surface area contributed by atoms with Gasteiger partial charge in [0, 0.05) is 17.7 Å². The molecule has 22 heavy (non-hydrogen) atoms. The minimum atomic E-state index is -4.19. The Labute approximate surface area is 150 Å². The molecule has 0 N–H and O–H groups in total. The molecule has 7 nitrogen and oxygen atoms in total. The van der Waals surface area contributed by atoms with Crippen molar-refractivity contribution in [2.24, 2.45) is 0 Å². The van der Waals surface area contributed by atoms with Gasteiger partial charge in [0.1, 0.15) is 10.6 Å². The summed E-state index contributed by atoms with van der Waals surface area (Å²) in [4.78, 5) is 20.5. The van der Waals surface area contributed by atoms with Crippen LogP contribution in [0.3, 0.4) is 0 Å². The first-order chi connectivity index (χ1) is 9.94. The third-order valence-electron chi connectivity index (χ3n) is 2.57. The van der Waals surface area contributed by atoms with Gasteiger partial charge in [-0.05, 0) is 18.2 Å². The van der Waals surface area contributed by atoms with Gasteiger partial charge in [0.05, 0.1) is 4.92 Å². The summed E-state index contributed by atoms with van der Waals surface area (Å²) in [5.41, 5.74) is -0.215. The van der Waals surface area contributed by atoms with Crippen molar-refractivity contribution in [3.8, 4) is 5.75 Å². The number of carbonyl (C=O) groups is 1. The monoisotopic (exact) mass is 331 g/mol. The normalized spacial score (nSPS) is 10.4. The van der Waals surface area contributed by atoms with E-state index in [0.717, 1.165) is 12.1 Å². The third kappa shape index (κ3) is 4.14. The Morgan fingerprint density at radius 1 is 1.09 bits per heavy atom. The number of carbonyl (C=O) groups excluding carboxylic acids is 1. The number of hydrogen-bond donors (Lipinski definition) is 0. The number of nitrogens with zero attached hydrogens (tertiary/aromatic N) is 1. The van der Waals surface area contributed by atoms with Gasteiger partial charge in [-0.1, -0.05) is 18.2 Å². The van der Waals surface area contributed by atoms with Crippen molar-refractivity contribution in [2.45, 2.75) is 4.90 Å². The van der Waals surface area contributed by atoms with Crippen LogP contribution in [0.5, 0.6) is 5.75 Å². The summed E-state index contributed by atoms with van der Waals surface area (Å²) in [6.45, 7) is 0. The molecule has 110 valence electrons. The SMILES string of the molecule is O=Cc1ccccc1S(=O)(=O)Oc1ccc([N+](=O)[O-])cc1.[H-].[Na+]. The molecule has 0 amide bonds. The molecule has 0 heterocycles. The van der Waals surface area contributed by atoms with E-state index in [4.69, 9.17) is 4.18 Å². The van der Waals surface area contributed by atoms with Gasteiger partial charge in [0.15, 0.2) is 6.29 Å². The van der Waals surface area contributed by atoms with Crippen LogP contribution in [0.4, 0.5) is 5.69 Å². The van der Waals surface area contributed by atoms with Gasteiger partial charge in [-0.15, -0.1) is 0 Å². The van der Waals surface area contributed by atoms with E-state index in [1.54, 1.807) is 0 Å². The fourth-order valence-electron chi connectivity index (χ4n) is 1.60. The first-order valence-electron chi connectivity index (χ1n) is 5.67. The van der Waals surface area contributed by atoms with Gasteiger partial charge in [0.25, 0.3) is 5.69 Å². The summed E-state index contributed by atoms with van der Waals surface area (Å²) in [5, 5.41) is 10.5. The summed E-state index contributed by atoms with van der Waals surface area (Å²) < 4.78 is 29.0. The number of aldehydes is 1. The zero-order chi connectivity index (χ0) is 15.5. The van der Waals surface area contributed by atoms with Crippen LogP contribution in [0.15, 0.2) is 53.4 Å². The molecule has 0 aromatic heterocycles. The van der Waals surface area contributed by atoms with Crippen molar-refractivity contribution >= 4 is 22.1 Å². The van der Waals surface area contributed by atoms with Gasteiger partial charge < -0.3 is 5.61 Å². The van der Waals surface area contributed by atoms with E-state index in [2.05, 4.69) is 0 Å². The maximum absolute atomic E-state index is 12.1. The van der Waals surface area contributed by atoms with Crippen molar-refractivity contribution in [1.82, 2.24) is 0 Å². The molecule has 0 aliphatic carbocycles. The smallest absolute Gasteiger partial charge is 1.00 e. The molecule has 0 saturated carbocycles. The van der Waals surface area contributed by atoms with Crippen LogP contribution in [0.2, 0.25) is 0 Å². The molecular weight excluding hydrogens is 321 g/mol. The van der Waals surface area contributed by atoms with Crippen LogP contribution in [0.1, 0.15) is 11.8 Å². The fraction of sp³-hybridized carbons (Fsp3) is 0. The molecule has 2 rings (SSSR count). The molecule has 0 bridgehead atoms. The molecule has 0 aliphatic rings. The molecule has 9 heteroatoms. The Hall–Kier alpha value is -1.74. The summed E-state index contributed by atoms with van der Waals surface area (Å²) in [5.74, 6) is -0.0821. The molecule has 2 aromatic rings. The van der Waals surface area contributed by atoms with Crippen LogP contribution in [-0.2, 0) is 10.1 Å². The zero-order valence-corrected chi connectivity index (χ0v) is 14.3. The van der Waals surface area contributed by atoms with Crippen molar-refractivity contribution in [1.29, 1.82) is 0 Å². The maximum Gasteiger partial charge on any atom is 1.00 e. The first-order valence-corrected chi connectivity index (χ1v) is 7.08. The third-order valence-corrected chi connectivity index (χ3v) is 3.89. The second-order valence-corrected chi connectivity index (χ2v) is 5.46. The molecule has 0 aliphatic heterocycles. The van der Waals surface area contributed by atoms with Gasteiger partial charge in [-0.3, -0.25) is 14.9 Å². The van der Waals surface area contributed by atoms with Crippen LogP contribution >= 0.6 is 0 Å². The molecule has 0 unspecified atom stereocenters. The average molecular weight is 331 g/mol. The standard InChI is InChI=1S/C13H9NO6S.Na.H/c15-9-10-3-1-2-4-13(10)21(18,19)20-12-7-5-11(6-8-12)14(16)17;;/h1-9H;;/q;+1;-1. The van der Waals surface area contributed by atoms with Gasteiger partial charge in [-0.2, -0.15) is 8.42 Å². The Balaban J connectivity index is 0.00000242. The Kier molecular flexibility index (Phi) is 6.24. The number of hydrogen-bond acceptors (Lipinski definition) is 6. The first kappa shape index (κ1) is 18.3. The van der Waals surface area contributed by atoms with E-state index < -0.39 is 15.0 Å². The number of rotatable bonds is 5. The Morgan fingerprint density at radius 2 is 1.68 bits per heavy atom. The van der Waals surface area contributed by atoms with E-state index >= 15 is 0 Å². The Bertz CT molecular complexity index is 794. The van der Waals surface area contributed by atoms with Gasteiger partial charge >= 0.3 is 39.7 Å². The molecule has 0 radical (unpaired) electrons. The minimum absolute atomic E-state index is 0. The van der Waals surface area contributed by atoms with Crippen molar-refractivity contribution in [2.75, 3.05) is 0 Å². The van der Waals surface area contributed by atoms with Crippen LogP contribution in [0.25, 0.3) is 0 Å². The van der Waals surface area contributed by atoms with E-state index in [0.29, 0.717) is 6.29 Å². The van der Waals surface area contributed by atoms with E-state index in [1.165, 1.54) is 36.4 Å². The van der Waals surface area contributed by atoms with E-state index in [1.807, 2.05) is 0 Å². The van der Waals surface area contributed by atoms with Crippen molar-refractivity contribution < 1.29 is 53.3 Å². The van der Waals surface area contributed by atoms with Crippen molar-refractivity contribution in [3.05, 3.63) is 64.2 Å². The quantitative estimate of drug-likeness (QED) is 0.236. The molecule has 0 atom stereocenters. The predicted molar refractivity (Wildman–Crippen MR) is 73.9 cm³/mol. The van der Waals surface area contributed by atoms with Crippen LogP contribution in [-0.4, -0.2) is 19.6 Å². The number of nitro benzene ring substituents is 1. The Morgan fingerprint density at radius 3 is 2.23 bits per heavy atom. The number of nitro groups is 1. The van der Waals surface area contributed by atoms with Gasteiger partial charge in [0.2, 0.25) is 0 Å². The molecular formula is C13H10NNaO6S. The second kappa shape index (κ2) is 7.50. The summed E-state index contributed by atoms with van der Waals surface area (Å²) >= 11 is 0. The summed E-state index contributed by atoms with van der Waals surface area (Å²) in [6.07, 6.45) is 0.409. The largest absolute Gasteiger partial charge is 1.00 e. The van der Waals surface area contributed by atoms with E-state index in [9.17, 15) is 23.3 Å². The fourth-order valence-corrected chi connectivity index (χ4v) is 2.70.